The number of rotatable bonds is 1. The molecule has 0 saturated carbocycles. The van der Waals surface area contributed by atoms with Crippen molar-refractivity contribution in [2.45, 2.75) is 0 Å². The maximum absolute atomic E-state index is 10.3. The number of nitrogens with two attached hydrogens (primary N) is 1. The molecule has 0 aliphatic carbocycles. The molecule has 0 amide bonds. The van der Waals surface area contributed by atoms with Crippen LogP contribution in [0.1, 0.15) is 10.4 Å². The summed E-state index contributed by atoms with van der Waals surface area (Å²) in [5.74, 6) is -0.999. The van der Waals surface area contributed by atoms with Gasteiger partial charge in [0.05, 0.1) is 0 Å². The second kappa shape index (κ2) is 3.95. The zero-order valence-electron chi connectivity index (χ0n) is 5.49. The van der Waals surface area contributed by atoms with E-state index in [0.29, 0.717) is 0 Å². The van der Waals surface area contributed by atoms with Crippen LogP contribution in [0.3, 0.4) is 0 Å². The summed E-state index contributed by atoms with van der Waals surface area (Å²) < 4.78 is 0. The Morgan fingerprint density at radius 1 is 1.64 bits per heavy atom. The Labute approximate surface area is 73.9 Å². The molecule has 4 nitrogen and oxygen atoms in total. The number of hydrogen-bond donors (Lipinski definition) is 2. The maximum atomic E-state index is 10.3. The Morgan fingerprint density at radius 2 is 2.27 bits per heavy atom. The molecule has 3 N–H and O–H groups in total. The van der Waals surface area contributed by atoms with Crippen molar-refractivity contribution in [3.05, 3.63) is 23.9 Å². The summed E-state index contributed by atoms with van der Waals surface area (Å²) in [6, 6.07) is 2.94. The molecule has 1 aromatic rings. The molecule has 0 fully saturated rings. The van der Waals surface area contributed by atoms with E-state index in [9.17, 15) is 4.79 Å². The number of anilines is 1. The van der Waals surface area contributed by atoms with Crippen LogP contribution in [0.4, 0.5) is 5.82 Å². The summed E-state index contributed by atoms with van der Waals surface area (Å²) in [5.41, 5.74) is 5.27. The molecule has 1 heterocycles. The molecule has 0 aliphatic heterocycles. The number of carbonyl (C=O) groups is 1. The van der Waals surface area contributed by atoms with Crippen LogP contribution in [0.2, 0.25) is 0 Å². The molecule has 0 atom stereocenters. The SMILES string of the molecule is Nc1ncccc1C(=O)O.[Mn]. The second-order valence-electron chi connectivity index (χ2n) is 1.74. The molecule has 0 bridgehead atoms. The number of carboxylic acid groups (broad SMARTS) is 1. The maximum Gasteiger partial charge on any atom is 0.339 e. The minimum absolute atomic E-state index is 0. The predicted molar refractivity (Wildman–Crippen MR) is 35.6 cm³/mol. The summed E-state index contributed by atoms with van der Waals surface area (Å²) in [4.78, 5) is 13.9. The van der Waals surface area contributed by atoms with Crippen molar-refractivity contribution in [3.8, 4) is 0 Å². The Hall–Kier alpha value is -1.06. The van der Waals surface area contributed by atoms with Crippen molar-refractivity contribution in [2.75, 3.05) is 5.73 Å². The molecular weight excluding hydrogens is 187 g/mol. The Bertz CT molecular complexity index is 265. The van der Waals surface area contributed by atoms with E-state index >= 15 is 0 Å². The van der Waals surface area contributed by atoms with Gasteiger partial charge in [-0.25, -0.2) is 9.78 Å². The summed E-state index contributed by atoms with van der Waals surface area (Å²) >= 11 is 0. The van der Waals surface area contributed by atoms with E-state index < -0.39 is 5.97 Å². The molecular formula is C6H6MnN2O2. The standard InChI is InChI=1S/C6H6N2O2.Mn/c7-5-4(6(9)10)2-1-3-8-5;/h1-3H,(H2,7,8)(H,9,10);. The van der Waals surface area contributed by atoms with E-state index in [-0.39, 0.29) is 28.4 Å². The van der Waals surface area contributed by atoms with Gasteiger partial charge in [0.25, 0.3) is 0 Å². The monoisotopic (exact) mass is 193 g/mol. The van der Waals surface area contributed by atoms with Gasteiger partial charge in [-0.1, -0.05) is 0 Å². The number of carboxylic acids is 1. The number of aromatic nitrogens is 1. The van der Waals surface area contributed by atoms with Gasteiger partial charge >= 0.3 is 5.97 Å². The normalized spacial score (nSPS) is 8.36. The first-order chi connectivity index (χ1) is 4.72. The van der Waals surface area contributed by atoms with Gasteiger partial charge < -0.3 is 10.8 Å². The molecule has 11 heavy (non-hydrogen) atoms. The van der Waals surface area contributed by atoms with E-state index in [1.807, 2.05) is 0 Å². The van der Waals surface area contributed by atoms with Crippen molar-refractivity contribution in [1.82, 2.24) is 4.98 Å². The van der Waals surface area contributed by atoms with E-state index in [2.05, 4.69) is 4.98 Å². The van der Waals surface area contributed by atoms with Gasteiger partial charge in [-0.15, -0.1) is 0 Å². The molecule has 1 aromatic heterocycles. The Balaban J connectivity index is 0.000001000. The number of nitrogens with zero attached hydrogens (tertiary/aromatic N) is 1. The van der Waals surface area contributed by atoms with Gasteiger partial charge in [0, 0.05) is 23.3 Å². The largest absolute Gasteiger partial charge is 0.478 e. The average Bonchev–Trinajstić information content (AvgIpc) is 1.88. The molecule has 5 heteroatoms. The average molecular weight is 193 g/mol. The zero-order valence-corrected chi connectivity index (χ0v) is 6.67. The molecule has 1 radical (unpaired) electrons. The van der Waals surface area contributed by atoms with Crippen molar-refractivity contribution in [2.24, 2.45) is 0 Å². The van der Waals surface area contributed by atoms with Crippen molar-refractivity contribution < 1.29 is 27.0 Å². The van der Waals surface area contributed by atoms with E-state index in [4.69, 9.17) is 10.8 Å². The molecule has 0 unspecified atom stereocenters. The topological polar surface area (TPSA) is 76.2 Å². The molecule has 0 aromatic carbocycles. The van der Waals surface area contributed by atoms with E-state index in [1.54, 1.807) is 0 Å². The third-order valence-electron chi connectivity index (χ3n) is 1.07. The molecule has 1 rings (SSSR count). The number of hydrogen-bond acceptors (Lipinski definition) is 3. The summed E-state index contributed by atoms with van der Waals surface area (Å²) in [6.07, 6.45) is 1.45. The van der Waals surface area contributed by atoms with Gasteiger partial charge in [-0.3, -0.25) is 0 Å². The van der Waals surface area contributed by atoms with Crippen LogP contribution in [-0.4, -0.2) is 16.1 Å². The van der Waals surface area contributed by atoms with E-state index in [1.165, 1.54) is 18.3 Å². The first kappa shape index (κ1) is 9.94. The summed E-state index contributed by atoms with van der Waals surface area (Å²) in [5, 5.41) is 8.45. The zero-order chi connectivity index (χ0) is 7.56. The van der Waals surface area contributed by atoms with Crippen LogP contribution in [-0.2, 0) is 17.1 Å². The Morgan fingerprint density at radius 3 is 2.64 bits per heavy atom. The van der Waals surface area contributed by atoms with E-state index in [0.717, 1.165) is 0 Å². The van der Waals surface area contributed by atoms with Crippen LogP contribution >= 0.6 is 0 Å². The van der Waals surface area contributed by atoms with Gasteiger partial charge in [0.2, 0.25) is 0 Å². The van der Waals surface area contributed by atoms with Crippen LogP contribution in [0.25, 0.3) is 0 Å². The number of pyridine rings is 1. The second-order valence-corrected chi connectivity index (χ2v) is 1.74. The fourth-order valence-corrected chi connectivity index (χ4v) is 0.598. The van der Waals surface area contributed by atoms with Gasteiger partial charge in [-0.2, -0.15) is 0 Å². The van der Waals surface area contributed by atoms with Crippen molar-refractivity contribution in [1.29, 1.82) is 0 Å². The van der Waals surface area contributed by atoms with Crippen LogP contribution in [0, 0.1) is 0 Å². The summed E-state index contributed by atoms with van der Waals surface area (Å²) in [6.45, 7) is 0. The van der Waals surface area contributed by atoms with Crippen molar-refractivity contribution in [3.63, 3.8) is 0 Å². The third kappa shape index (κ3) is 2.22. The smallest absolute Gasteiger partial charge is 0.339 e. The predicted octanol–water partition coefficient (Wildman–Crippen LogP) is 0.360. The minimum atomic E-state index is -1.05. The van der Waals surface area contributed by atoms with Crippen LogP contribution in [0.15, 0.2) is 18.3 Å². The van der Waals surface area contributed by atoms with Crippen LogP contribution < -0.4 is 5.73 Å². The molecule has 59 valence electrons. The van der Waals surface area contributed by atoms with Crippen molar-refractivity contribution >= 4 is 11.8 Å². The quantitative estimate of drug-likeness (QED) is 0.631. The number of aromatic carboxylic acids is 1. The first-order valence-corrected chi connectivity index (χ1v) is 2.65. The van der Waals surface area contributed by atoms with Gasteiger partial charge in [0.1, 0.15) is 11.4 Å². The van der Waals surface area contributed by atoms with Gasteiger partial charge in [0.15, 0.2) is 0 Å². The molecule has 0 spiro atoms. The van der Waals surface area contributed by atoms with Crippen LogP contribution in [0.5, 0.6) is 0 Å². The third-order valence-corrected chi connectivity index (χ3v) is 1.07. The number of nitrogen functional groups attached to an aromatic ring is 1. The molecule has 0 aliphatic rings. The Kier molecular flexibility index (Phi) is 3.57. The first-order valence-electron chi connectivity index (χ1n) is 2.65. The van der Waals surface area contributed by atoms with Gasteiger partial charge in [-0.05, 0) is 12.1 Å². The summed E-state index contributed by atoms with van der Waals surface area (Å²) in [7, 11) is 0. The minimum Gasteiger partial charge on any atom is -0.478 e. The fourth-order valence-electron chi connectivity index (χ4n) is 0.598. The fraction of sp³-hybridized carbons (Fsp3) is 0. The molecule has 0 saturated heterocycles.